The minimum atomic E-state index is 0.0889. The third-order valence-corrected chi connectivity index (χ3v) is 2.59. The molecule has 0 saturated carbocycles. The lowest BCUT2D eigenvalue weighted by Gasteiger charge is -1.99. The zero-order chi connectivity index (χ0) is 12.3. The summed E-state index contributed by atoms with van der Waals surface area (Å²) in [5.74, 6) is 0.833. The van der Waals surface area contributed by atoms with Crippen molar-refractivity contribution in [3.63, 3.8) is 0 Å². The molecule has 0 aliphatic heterocycles. The Morgan fingerprint density at radius 3 is 3.00 bits per heavy atom. The average Bonchev–Trinajstić information content (AvgIpc) is 2.75. The van der Waals surface area contributed by atoms with Gasteiger partial charge in [0.1, 0.15) is 12.4 Å². The van der Waals surface area contributed by atoms with Crippen LogP contribution in [0.15, 0.2) is 27.2 Å². The maximum atomic E-state index is 9.74. The van der Waals surface area contributed by atoms with Crippen LogP contribution < -0.4 is 0 Å². The number of aromatic hydroxyl groups is 1. The van der Waals surface area contributed by atoms with E-state index >= 15 is 0 Å². The summed E-state index contributed by atoms with van der Waals surface area (Å²) in [5, 5.41) is 13.5. The fourth-order valence-corrected chi connectivity index (χ4v) is 1.65. The first-order valence-electron chi connectivity index (χ1n) is 5.10. The van der Waals surface area contributed by atoms with Gasteiger partial charge in [0.2, 0.25) is 0 Å². The predicted molar refractivity (Wildman–Crippen MR) is 64.4 cm³/mol. The van der Waals surface area contributed by atoms with Crippen LogP contribution in [0.4, 0.5) is 0 Å². The SMILES string of the molecule is CCOCc1noc(-c2ccc(Br)cc2O)n1. The fraction of sp³-hybridized carbons (Fsp3) is 0.273. The Kier molecular flexibility index (Phi) is 3.75. The highest BCUT2D eigenvalue weighted by Gasteiger charge is 2.12. The van der Waals surface area contributed by atoms with E-state index in [9.17, 15) is 5.11 Å². The smallest absolute Gasteiger partial charge is 0.261 e. The highest BCUT2D eigenvalue weighted by molar-refractivity contribution is 9.10. The van der Waals surface area contributed by atoms with Crippen LogP contribution in [0, 0.1) is 0 Å². The number of benzene rings is 1. The van der Waals surface area contributed by atoms with Gasteiger partial charge in [-0.25, -0.2) is 0 Å². The number of hydrogen-bond acceptors (Lipinski definition) is 5. The summed E-state index contributed by atoms with van der Waals surface area (Å²) in [6.07, 6.45) is 0. The van der Waals surface area contributed by atoms with Crippen LogP contribution in [0.1, 0.15) is 12.7 Å². The highest BCUT2D eigenvalue weighted by Crippen LogP contribution is 2.30. The molecule has 0 aliphatic rings. The fourth-order valence-electron chi connectivity index (χ4n) is 1.30. The van der Waals surface area contributed by atoms with Gasteiger partial charge in [-0.15, -0.1) is 0 Å². The molecule has 1 aromatic heterocycles. The third-order valence-electron chi connectivity index (χ3n) is 2.09. The van der Waals surface area contributed by atoms with Gasteiger partial charge < -0.3 is 14.4 Å². The standard InChI is InChI=1S/C11H11BrN2O3/c1-2-16-6-10-13-11(17-14-10)8-4-3-7(12)5-9(8)15/h3-5,15H,2,6H2,1H3. The molecular formula is C11H11BrN2O3. The van der Waals surface area contributed by atoms with Gasteiger partial charge in [0.25, 0.3) is 5.89 Å². The van der Waals surface area contributed by atoms with Gasteiger partial charge >= 0.3 is 0 Å². The second-order valence-electron chi connectivity index (χ2n) is 3.31. The molecule has 0 unspecified atom stereocenters. The second-order valence-corrected chi connectivity index (χ2v) is 4.23. The number of phenols is 1. The van der Waals surface area contributed by atoms with Crippen LogP contribution in [0.5, 0.6) is 5.75 Å². The van der Waals surface area contributed by atoms with Gasteiger partial charge in [0, 0.05) is 11.1 Å². The lowest BCUT2D eigenvalue weighted by atomic mass is 10.2. The first-order valence-corrected chi connectivity index (χ1v) is 5.89. The monoisotopic (exact) mass is 298 g/mol. The van der Waals surface area contributed by atoms with Gasteiger partial charge in [-0.2, -0.15) is 4.98 Å². The zero-order valence-corrected chi connectivity index (χ0v) is 10.8. The molecule has 0 fully saturated rings. The Hall–Kier alpha value is -1.40. The molecule has 1 N–H and O–H groups in total. The molecule has 0 aliphatic carbocycles. The Balaban J connectivity index is 2.24. The summed E-state index contributed by atoms with van der Waals surface area (Å²) in [5.41, 5.74) is 0.503. The molecule has 17 heavy (non-hydrogen) atoms. The summed E-state index contributed by atoms with van der Waals surface area (Å²) in [7, 11) is 0. The first kappa shape index (κ1) is 12.1. The summed E-state index contributed by atoms with van der Waals surface area (Å²) >= 11 is 3.26. The van der Waals surface area contributed by atoms with E-state index in [1.54, 1.807) is 18.2 Å². The maximum absolute atomic E-state index is 9.74. The van der Waals surface area contributed by atoms with Crippen molar-refractivity contribution in [2.45, 2.75) is 13.5 Å². The highest BCUT2D eigenvalue weighted by atomic mass is 79.9. The van der Waals surface area contributed by atoms with E-state index in [1.807, 2.05) is 6.92 Å². The van der Waals surface area contributed by atoms with Crippen molar-refractivity contribution in [3.05, 3.63) is 28.5 Å². The summed E-state index contributed by atoms with van der Waals surface area (Å²) in [6.45, 7) is 2.78. The van der Waals surface area contributed by atoms with E-state index in [2.05, 4.69) is 26.1 Å². The van der Waals surface area contributed by atoms with E-state index in [0.717, 1.165) is 4.47 Å². The number of halogens is 1. The topological polar surface area (TPSA) is 68.4 Å². The molecule has 0 saturated heterocycles. The summed E-state index contributed by atoms with van der Waals surface area (Å²) < 4.78 is 11.0. The largest absolute Gasteiger partial charge is 0.507 e. The van der Waals surface area contributed by atoms with Crippen LogP contribution in [0.2, 0.25) is 0 Å². The van der Waals surface area contributed by atoms with Crippen molar-refractivity contribution in [2.24, 2.45) is 0 Å². The molecule has 90 valence electrons. The van der Waals surface area contributed by atoms with Crippen molar-refractivity contribution >= 4 is 15.9 Å². The van der Waals surface area contributed by atoms with Gasteiger partial charge in [-0.3, -0.25) is 0 Å². The molecule has 5 nitrogen and oxygen atoms in total. The molecule has 0 bridgehead atoms. The Morgan fingerprint density at radius 1 is 1.47 bits per heavy atom. The normalized spacial score (nSPS) is 10.7. The quantitative estimate of drug-likeness (QED) is 0.940. The Morgan fingerprint density at radius 2 is 2.29 bits per heavy atom. The molecule has 0 radical (unpaired) electrons. The lowest BCUT2D eigenvalue weighted by Crippen LogP contribution is -1.93. The Labute approximate surface area is 107 Å². The van der Waals surface area contributed by atoms with E-state index in [-0.39, 0.29) is 11.6 Å². The third kappa shape index (κ3) is 2.83. The van der Waals surface area contributed by atoms with Gasteiger partial charge in [0.15, 0.2) is 5.82 Å². The van der Waals surface area contributed by atoms with Gasteiger partial charge in [-0.05, 0) is 25.1 Å². The molecular weight excluding hydrogens is 288 g/mol. The van der Waals surface area contributed by atoms with Crippen LogP contribution in [-0.4, -0.2) is 21.9 Å². The minimum absolute atomic E-state index is 0.0889. The van der Waals surface area contributed by atoms with Crippen LogP contribution >= 0.6 is 15.9 Å². The summed E-state index contributed by atoms with van der Waals surface area (Å²) in [4.78, 5) is 4.13. The molecule has 1 heterocycles. The maximum Gasteiger partial charge on any atom is 0.261 e. The predicted octanol–water partition coefficient (Wildman–Crippen LogP) is 2.74. The van der Waals surface area contributed by atoms with E-state index in [4.69, 9.17) is 9.26 Å². The van der Waals surface area contributed by atoms with Crippen molar-refractivity contribution in [2.75, 3.05) is 6.61 Å². The zero-order valence-electron chi connectivity index (χ0n) is 9.18. The van der Waals surface area contributed by atoms with Crippen molar-refractivity contribution in [1.29, 1.82) is 0 Å². The molecule has 0 spiro atoms. The molecule has 1 aromatic carbocycles. The van der Waals surface area contributed by atoms with Crippen LogP contribution in [0.3, 0.4) is 0 Å². The van der Waals surface area contributed by atoms with Crippen molar-refractivity contribution in [3.8, 4) is 17.2 Å². The first-order chi connectivity index (χ1) is 8.20. The summed E-state index contributed by atoms with van der Waals surface area (Å²) in [6, 6.07) is 5.07. The van der Waals surface area contributed by atoms with Crippen molar-refractivity contribution < 1.29 is 14.4 Å². The molecule has 6 heteroatoms. The van der Waals surface area contributed by atoms with Crippen LogP contribution in [-0.2, 0) is 11.3 Å². The molecule has 2 rings (SSSR count). The van der Waals surface area contributed by atoms with E-state index in [0.29, 0.717) is 24.6 Å². The van der Waals surface area contributed by atoms with Gasteiger partial charge in [-0.1, -0.05) is 21.1 Å². The Bertz CT molecular complexity index is 513. The van der Waals surface area contributed by atoms with E-state index in [1.165, 1.54) is 0 Å². The number of hydrogen-bond donors (Lipinski definition) is 1. The molecule has 0 amide bonds. The van der Waals surface area contributed by atoms with E-state index < -0.39 is 0 Å². The lowest BCUT2D eigenvalue weighted by molar-refractivity contribution is 0.126. The number of phenolic OH excluding ortho intramolecular Hbond substituents is 1. The number of aromatic nitrogens is 2. The minimum Gasteiger partial charge on any atom is -0.507 e. The second kappa shape index (κ2) is 5.29. The van der Waals surface area contributed by atoms with Gasteiger partial charge in [0.05, 0.1) is 5.56 Å². The van der Waals surface area contributed by atoms with Crippen LogP contribution in [0.25, 0.3) is 11.5 Å². The number of rotatable bonds is 4. The number of nitrogens with zero attached hydrogens (tertiary/aromatic N) is 2. The van der Waals surface area contributed by atoms with Crippen molar-refractivity contribution in [1.82, 2.24) is 10.1 Å². The number of ether oxygens (including phenoxy) is 1. The average molecular weight is 299 g/mol. The molecule has 0 atom stereocenters. The molecule has 2 aromatic rings.